The summed E-state index contributed by atoms with van der Waals surface area (Å²) < 4.78 is 26.0. The van der Waals surface area contributed by atoms with Crippen LogP contribution < -0.4 is 9.62 Å². The van der Waals surface area contributed by atoms with Gasteiger partial charge in [-0.05, 0) is 38.1 Å². The summed E-state index contributed by atoms with van der Waals surface area (Å²) in [6.45, 7) is 3.41. The van der Waals surface area contributed by atoms with Crippen molar-refractivity contribution in [3.63, 3.8) is 0 Å². The molecule has 0 bridgehead atoms. The monoisotopic (exact) mass is 436 g/mol. The molecule has 0 unspecified atom stereocenters. The van der Waals surface area contributed by atoms with Crippen LogP contribution in [0.1, 0.15) is 28.4 Å². The van der Waals surface area contributed by atoms with Crippen molar-refractivity contribution in [3.8, 4) is 0 Å². The van der Waals surface area contributed by atoms with E-state index >= 15 is 0 Å². The lowest BCUT2D eigenvalue weighted by atomic mass is 10.0. The van der Waals surface area contributed by atoms with E-state index in [0.29, 0.717) is 22.5 Å². The van der Waals surface area contributed by atoms with Crippen LogP contribution in [0.25, 0.3) is 0 Å². The quantitative estimate of drug-likeness (QED) is 0.567. The molecule has 31 heavy (non-hydrogen) atoms. The van der Waals surface area contributed by atoms with E-state index in [9.17, 15) is 18.0 Å². The molecule has 6 nitrogen and oxygen atoms in total. The molecular formula is C24H24N2O4S. The second-order valence-corrected chi connectivity index (χ2v) is 9.16. The van der Waals surface area contributed by atoms with Crippen molar-refractivity contribution >= 4 is 33.1 Å². The standard InChI is InChI=1S/C24H24N2O4S/c1-17-13-15-20(16-14-17)26(31(3,29)30)18(2)24(28)25-22-12-8-7-11-21(22)23(27)19-9-5-4-6-10-19/h4-16,18H,1-3H3,(H,25,28)/t18-/m0/s1. The molecule has 0 saturated carbocycles. The maximum absolute atomic E-state index is 13.0. The Balaban J connectivity index is 1.90. The molecular weight excluding hydrogens is 412 g/mol. The van der Waals surface area contributed by atoms with Gasteiger partial charge in [0.15, 0.2) is 5.78 Å². The van der Waals surface area contributed by atoms with Crippen LogP contribution in [0.5, 0.6) is 0 Å². The molecule has 0 saturated heterocycles. The van der Waals surface area contributed by atoms with Gasteiger partial charge in [0.05, 0.1) is 17.6 Å². The zero-order chi connectivity index (χ0) is 22.6. The number of rotatable bonds is 7. The molecule has 160 valence electrons. The van der Waals surface area contributed by atoms with Crippen LogP contribution in [0, 0.1) is 6.92 Å². The molecule has 3 rings (SSSR count). The van der Waals surface area contributed by atoms with Gasteiger partial charge >= 0.3 is 0 Å². The van der Waals surface area contributed by atoms with Crippen molar-refractivity contribution in [2.45, 2.75) is 19.9 Å². The summed E-state index contributed by atoms with van der Waals surface area (Å²) in [5.74, 6) is -0.776. The first-order chi connectivity index (χ1) is 14.7. The highest BCUT2D eigenvalue weighted by molar-refractivity contribution is 7.92. The Morgan fingerprint density at radius 1 is 0.871 bits per heavy atom. The third-order valence-corrected chi connectivity index (χ3v) is 6.08. The van der Waals surface area contributed by atoms with Crippen LogP contribution in [-0.4, -0.2) is 32.4 Å². The summed E-state index contributed by atoms with van der Waals surface area (Å²) in [6.07, 6.45) is 1.06. The molecule has 3 aromatic rings. The molecule has 7 heteroatoms. The topological polar surface area (TPSA) is 83.6 Å². The van der Waals surface area contributed by atoms with E-state index in [1.807, 2.05) is 13.0 Å². The first-order valence-electron chi connectivity index (χ1n) is 9.74. The minimum absolute atomic E-state index is 0.234. The maximum atomic E-state index is 13.0. The fourth-order valence-corrected chi connectivity index (χ4v) is 4.45. The number of ketones is 1. The van der Waals surface area contributed by atoms with Gasteiger partial charge in [0.25, 0.3) is 0 Å². The largest absolute Gasteiger partial charge is 0.324 e. The molecule has 0 heterocycles. The second-order valence-electron chi connectivity index (χ2n) is 7.30. The highest BCUT2D eigenvalue weighted by Gasteiger charge is 2.29. The molecule has 0 aromatic heterocycles. The van der Waals surface area contributed by atoms with Gasteiger partial charge in [-0.25, -0.2) is 8.42 Å². The highest BCUT2D eigenvalue weighted by atomic mass is 32.2. The molecule has 1 N–H and O–H groups in total. The molecule has 0 radical (unpaired) electrons. The number of aryl methyl sites for hydroxylation is 1. The van der Waals surface area contributed by atoms with E-state index in [4.69, 9.17) is 0 Å². The Morgan fingerprint density at radius 2 is 1.45 bits per heavy atom. The van der Waals surface area contributed by atoms with Gasteiger partial charge in [-0.15, -0.1) is 0 Å². The number of carbonyl (C=O) groups excluding carboxylic acids is 2. The number of nitrogens with one attached hydrogen (secondary N) is 1. The van der Waals surface area contributed by atoms with Crippen molar-refractivity contribution in [1.82, 2.24) is 0 Å². The van der Waals surface area contributed by atoms with E-state index in [1.165, 1.54) is 6.92 Å². The smallest absolute Gasteiger partial charge is 0.248 e. The first kappa shape index (κ1) is 22.2. The fraction of sp³-hybridized carbons (Fsp3) is 0.167. The van der Waals surface area contributed by atoms with E-state index in [-0.39, 0.29) is 5.78 Å². The molecule has 0 aliphatic carbocycles. The first-order valence-corrected chi connectivity index (χ1v) is 11.6. The molecule has 0 aliphatic rings. The molecule has 0 spiro atoms. The van der Waals surface area contributed by atoms with E-state index in [0.717, 1.165) is 16.1 Å². The molecule has 1 amide bonds. The van der Waals surface area contributed by atoms with Crippen molar-refractivity contribution in [2.75, 3.05) is 15.9 Å². The number of anilines is 2. The Kier molecular flexibility index (Phi) is 6.56. The summed E-state index contributed by atoms with van der Waals surface area (Å²) in [4.78, 5) is 25.9. The highest BCUT2D eigenvalue weighted by Crippen LogP contribution is 2.24. The van der Waals surface area contributed by atoms with Crippen LogP contribution in [0.4, 0.5) is 11.4 Å². The molecule has 1 atom stereocenters. The van der Waals surface area contributed by atoms with Crippen LogP contribution in [0.15, 0.2) is 78.9 Å². The van der Waals surface area contributed by atoms with Crippen LogP contribution in [0.3, 0.4) is 0 Å². The SMILES string of the molecule is Cc1ccc(N([C@@H](C)C(=O)Nc2ccccc2C(=O)c2ccccc2)S(C)(=O)=O)cc1. The predicted molar refractivity (Wildman–Crippen MR) is 123 cm³/mol. The summed E-state index contributed by atoms with van der Waals surface area (Å²) in [6, 6.07) is 21.3. The molecule has 0 aliphatic heterocycles. The fourth-order valence-electron chi connectivity index (χ4n) is 3.27. The van der Waals surface area contributed by atoms with Gasteiger partial charge in [0, 0.05) is 11.1 Å². The number of para-hydroxylation sites is 1. The van der Waals surface area contributed by atoms with E-state index < -0.39 is 22.0 Å². The minimum atomic E-state index is -3.73. The zero-order valence-corrected chi connectivity index (χ0v) is 18.4. The average Bonchev–Trinajstić information content (AvgIpc) is 2.75. The third-order valence-electron chi connectivity index (χ3n) is 4.84. The Bertz CT molecular complexity index is 1190. The van der Waals surface area contributed by atoms with Gasteiger partial charge < -0.3 is 5.32 Å². The lowest BCUT2D eigenvalue weighted by Crippen LogP contribution is -2.45. The second kappa shape index (κ2) is 9.14. The number of hydrogen-bond donors (Lipinski definition) is 1. The van der Waals surface area contributed by atoms with Crippen molar-refractivity contribution in [2.24, 2.45) is 0 Å². The van der Waals surface area contributed by atoms with Crippen molar-refractivity contribution in [1.29, 1.82) is 0 Å². The van der Waals surface area contributed by atoms with Gasteiger partial charge in [-0.3, -0.25) is 13.9 Å². The van der Waals surface area contributed by atoms with Crippen molar-refractivity contribution in [3.05, 3.63) is 95.6 Å². The minimum Gasteiger partial charge on any atom is -0.324 e. The lowest BCUT2D eigenvalue weighted by Gasteiger charge is -2.28. The summed E-state index contributed by atoms with van der Waals surface area (Å²) in [5, 5.41) is 2.73. The third kappa shape index (κ3) is 5.19. The number of nitrogens with zero attached hydrogens (tertiary/aromatic N) is 1. The number of carbonyl (C=O) groups is 2. The Hall–Kier alpha value is -3.45. The maximum Gasteiger partial charge on any atom is 0.248 e. The number of hydrogen-bond acceptors (Lipinski definition) is 4. The van der Waals surface area contributed by atoms with E-state index in [1.54, 1.807) is 72.8 Å². The summed E-state index contributed by atoms with van der Waals surface area (Å²) in [7, 11) is -3.73. The average molecular weight is 437 g/mol. The lowest BCUT2D eigenvalue weighted by molar-refractivity contribution is -0.116. The predicted octanol–water partition coefficient (Wildman–Crippen LogP) is 4.02. The van der Waals surface area contributed by atoms with Gasteiger partial charge in [0.1, 0.15) is 6.04 Å². The van der Waals surface area contributed by atoms with Crippen LogP contribution >= 0.6 is 0 Å². The molecule has 3 aromatic carbocycles. The van der Waals surface area contributed by atoms with Crippen LogP contribution in [0.2, 0.25) is 0 Å². The van der Waals surface area contributed by atoms with Crippen molar-refractivity contribution < 1.29 is 18.0 Å². The zero-order valence-electron chi connectivity index (χ0n) is 17.6. The van der Waals surface area contributed by atoms with Gasteiger partial charge in [0.2, 0.25) is 15.9 Å². The summed E-state index contributed by atoms with van der Waals surface area (Å²) >= 11 is 0. The summed E-state index contributed by atoms with van der Waals surface area (Å²) in [5.41, 5.74) is 2.52. The van der Waals surface area contributed by atoms with E-state index in [2.05, 4.69) is 5.32 Å². The van der Waals surface area contributed by atoms with Crippen LogP contribution in [-0.2, 0) is 14.8 Å². The Morgan fingerprint density at radius 3 is 2.06 bits per heavy atom. The normalized spacial score (nSPS) is 12.1. The number of amides is 1. The van der Waals surface area contributed by atoms with Gasteiger partial charge in [-0.2, -0.15) is 0 Å². The molecule has 0 fully saturated rings. The Labute approximate surface area is 182 Å². The number of benzene rings is 3. The van der Waals surface area contributed by atoms with Gasteiger partial charge in [-0.1, -0.05) is 60.2 Å². The number of sulfonamides is 1.